The molecular formula is C16H22FNO2. The van der Waals surface area contributed by atoms with Crippen LogP contribution in [-0.2, 0) is 4.79 Å². The van der Waals surface area contributed by atoms with E-state index in [4.69, 9.17) is 0 Å². The van der Waals surface area contributed by atoms with Gasteiger partial charge in [-0.05, 0) is 36.3 Å². The maximum atomic E-state index is 13.6. The van der Waals surface area contributed by atoms with E-state index in [-0.39, 0.29) is 29.5 Å². The quantitative estimate of drug-likeness (QED) is 0.840. The van der Waals surface area contributed by atoms with Crippen LogP contribution in [0, 0.1) is 17.7 Å². The predicted octanol–water partition coefficient (Wildman–Crippen LogP) is 2.45. The third-order valence-electron chi connectivity index (χ3n) is 3.94. The van der Waals surface area contributed by atoms with Crippen LogP contribution in [0.15, 0.2) is 24.3 Å². The zero-order valence-electron chi connectivity index (χ0n) is 12.0. The predicted molar refractivity (Wildman–Crippen MR) is 75.7 cm³/mol. The lowest BCUT2D eigenvalue weighted by atomic mass is 10.0. The molecule has 0 radical (unpaired) electrons. The number of carbonyl (C=O) groups is 1. The lowest BCUT2D eigenvalue weighted by molar-refractivity contribution is -0.122. The van der Waals surface area contributed by atoms with Crippen LogP contribution in [-0.4, -0.2) is 23.7 Å². The Morgan fingerprint density at radius 2 is 2.15 bits per heavy atom. The van der Waals surface area contributed by atoms with Crippen LogP contribution in [0.25, 0.3) is 0 Å². The largest absolute Gasteiger partial charge is 0.393 e. The van der Waals surface area contributed by atoms with Gasteiger partial charge < -0.3 is 10.4 Å². The van der Waals surface area contributed by atoms with Crippen LogP contribution in [0.2, 0.25) is 0 Å². The topological polar surface area (TPSA) is 49.3 Å². The fraction of sp³-hybridized carbons (Fsp3) is 0.562. The van der Waals surface area contributed by atoms with E-state index in [1.807, 2.05) is 13.8 Å². The number of aliphatic hydroxyl groups excluding tert-OH is 1. The Morgan fingerprint density at radius 3 is 2.80 bits per heavy atom. The van der Waals surface area contributed by atoms with E-state index in [0.717, 1.165) is 0 Å². The number of hydrogen-bond acceptors (Lipinski definition) is 2. The van der Waals surface area contributed by atoms with Gasteiger partial charge in [0.1, 0.15) is 5.82 Å². The van der Waals surface area contributed by atoms with Crippen molar-refractivity contribution in [1.29, 1.82) is 0 Å². The van der Waals surface area contributed by atoms with Gasteiger partial charge in [-0.3, -0.25) is 4.79 Å². The van der Waals surface area contributed by atoms with E-state index >= 15 is 0 Å². The molecule has 0 aromatic heterocycles. The van der Waals surface area contributed by atoms with E-state index < -0.39 is 6.10 Å². The van der Waals surface area contributed by atoms with E-state index in [1.165, 1.54) is 6.07 Å². The normalized spacial score (nSPS) is 22.6. The van der Waals surface area contributed by atoms with Gasteiger partial charge in [0.15, 0.2) is 0 Å². The molecule has 1 fully saturated rings. The Kier molecular flexibility index (Phi) is 4.76. The van der Waals surface area contributed by atoms with E-state index in [2.05, 4.69) is 5.32 Å². The van der Waals surface area contributed by atoms with Crippen LogP contribution in [0.4, 0.5) is 4.39 Å². The molecule has 2 rings (SSSR count). The lowest BCUT2D eigenvalue weighted by Gasteiger charge is -2.14. The van der Waals surface area contributed by atoms with Crippen molar-refractivity contribution in [3.8, 4) is 0 Å². The number of halogens is 1. The fourth-order valence-electron chi connectivity index (χ4n) is 2.41. The third kappa shape index (κ3) is 3.57. The van der Waals surface area contributed by atoms with Crippen molar-refractivity contribution in [3.63, 3.8) is 0 Å². The van der Waals surface area contributed by atoms with Gasteiger partial charge in [0, 0.05) is 12.5 Å². The average Bonchev–Trinajstić information content (AvgIpc) is 3.19. The summed E-state index contributed by atoms with van der Waals surface area (Å²) < 4.78 is 13.6. The lowest BCUT2D eigenvalue weighted by Crippen LogP contribution is -2.30. The Balaban J connectivity index is 1.78. The van der Waals surface area contributed by atoms with Crippen molar-refractivity contribution in [3.05, 3.63) is 35.6 Å². The zero-order valence-corrected chi connectivity index (χ0v) is 12.0. The van der Waals surface area contributed by atoms with Crippen molar-refractivity contribution in [2.75, 3.05) is 6.54 Å². The highest BCUT2D eigenvalue weighted by Gasteiger charge is 2.44. The molecule has 0 spiro atoms. The van der Waals surface area contributed by atoms with Crippen molar-refractivity contribution in [1.82, 2.24) is 5.32 Å². The summed E-state index contributed by atoms with van der Waals surface area (Å²) in [6.07, 6.45) is 0.872. The van der Waals surface area contributed by atoms with Gasteiger partial charge in [0.2, 0.25) is 5.91 Å². The van der Waals surface area contributed by atoms with Gasteiger partial charge in [-0.2, -0.15) is 0 Å². The van der Waals surface area contributed by atoms with Gasteiger partial charge in [-0.1, -0.05) is 32.0 Å². The monoisotopic (exact) mass is 279 g/mol. The van der Waals surface area contributed by atoms with Crippen LogP contribution in [0.3, 0.4) is 0 Å². The first-order valence-electron chi connectivity index (χ1n) is 7.21. The maximum absolute atomic E-state index is 13.6. The highest BCUT2D eigenvalue weighted by atomic mass is 19.1. The van der Waals surface area contributed by atoms with Crippen molar-refractivity contribution in [2.24, 2.45) is 11.8 Å². The molecule has 0 saturated heterocycles. The molecule has 1 aromatic carbocycles. The Morgan fingerprint density at radius 1 is 1.45 bits per heavy atom. The van der Waals surface area contributed by atoms with Gasteiger partial charge >= 0.3 is 0 Å². The van der Waals surface area contributed by atoms with Gasteiger partial charge in [0.25, 0.3) is 0 Å². The Hall–Kier alpha value is -1.42. The number of nitrogens with one attached hydrogen (secondary N) is 1. The summed E-state index contributed by atoms with van der Waals surface area (Å²) in [5.74, 6) is -0.189. The molecule has 20 heavy (non-hydrogen) atoms. The van der Waals surface area contributed by atoms with Crippen LogP contribution < -0.4 is 5.32 Å². The number of carbonyl (C=O) groups excluding carboxylic acids is 1. The highest BCUT2D eigenvalue weighted by molar-refractivity contribution is 5.82. The highest BCUT2D eigenvalue weighted by Crippen LogP contribution is 2.48. The second-order valence-corrected chi connectivity index (χ2v) is 5.86. The summed E-state index contributed by atoms with van der Waals surface area (Å²) in [7, 11) is 0. The third-order valence-corrected chi connectivity index (χ3v) is 3.94. The molecule has 1 aliphatic carbocycles. The molecule has 1 aromatic rings. The van der Waals surface area contributed by atoms with E-state index in [9.17, 15) is 14.3 Å². The first kappa shape index (κ1) is 15.0. The summed E-state index contributed by atoms with van der Waals surface area (Å²) in [6.45, 7) is 4.36. The molecule has 0 heterocycles. The first-order valence-corrected chi connectivity index (χ1v) is 7.21. The molecule has 0 aliphatic heterocycles. The maximum Gasteiger partial charge on any atom is 0.223 e. The zero-order chi connectivity index (χ0) is 14.7. The Bertz CT molecular complexity index is 475. The Labute approximate surface area is 119 Å². The van der Waals surface area contributed by atoms with Crippen molar-refractivity contribution < 1.29 is 14.3 Å². The second-order valence-electron chi connectivity index (χ2n) is 5.86. The molecule has 110 valence electrons. The van der Waals surface area contributed by atoms with Crippen molar-refractivity contribution in [2.45, 2.75) is 38.7 Å². The first-order chi connectivity index (χ1) is 9.50. The molecule has 1 aliphatic rings. The van der Waals surface area contributed by atoms with Crippen LogP contribution in [0.5, 0.6) is 0 Å². The summed E-state index contributed by atoms with van der Waals surface area (Å²) in [5, 5.41) is 12.5. The summed E-state index contributed by atoms with van der Waals surface area (Å²) in [5.41, 5.74) is 0.634. The van der Waals surface area contributed by atoms with Gasteiger partial charge in [-0.25, -0.2) is 4.39 Å². The molecule has 3 nitrogen and oxygen atoms in total. The summed E-state index contributed by atoms with van der Waals surface area (Å²) in [6, 6.07) is 6.63. The molecular weight excluding hydrogens is 257 g/mol. The molecule has 2 N–H and O–H groups in total. The molecule has 1 amide bonds. The summed E-state index contributed by atoms with van der Waals surface area (Å²) in [4.78, 5) is 11.9. The molecule has 3 atom stereocenters. The fourth-order valence-corrected chi connectivity index (χ4v) is 2.41. The SMILES string of the molecule is CC(C)C(O)CCNC(=O)C1CC1c1ccccc1F. The minimum absolute atomic E-state index is 0.00576. The number of rotatable bonds is 6. The minimum atomic E-state index is -0.392. The number of hydrogen-bond donors (Lipinski definition) is 2. The number of benzene rings is 1. The molecule has 4 heteroatoms. The molecule has 0 bridgehead atoms. The molecule has 1 saturated carbocycles. The second kappa shape index (κ2) is 6.35. The average molecular weight is 279 g/mol. The number of aliphatic hydroxyl groups is 1. The number of amides is 1. The smallest absolute Gasteiger partial charge is 0.223 e. The van der Waals surface area contributed by atoms with Crippen LogP contribution in [0.1, 0.15) is 38.2 Å². The minimum Gasteiger partial charge on any atom is -0.393 e. The molecule has 3 unspecified atom stereocenters. The van der Waals surface area contributed by atoms with E-state index in [1.54, 1.807) is 18.2 Å². The van der Waals surface area contributed by atoms with E-state index in [0.29, 0.717) is 24.9 Å². The van der Waals surface area contributed by atoms with Gasteiger partial charge in [-0.15, -0.1) is 0 Å². The van der Waals surface area contributed by atoms with Crippen molar-refractivity contribution >= 4 is 5.91 Å². The summed E-state index contributed by atoms with van der Waals surface area (Å²) >= 11 is 0. The standard InChI is InChI=1S/C16H22FNO2/c1-10(2)15(19)7-8-18-16(20)13-9-12(13)11-5-3-4-6-14(11)17/h3-6,10,12-13,15,19H,7-9H2,1-2H3,(H,18,20). The van der Waals surface area contributed by atoms with Gasteiger partial charge in [0.05, 0.1) is 6.10 Å². The van der Waals surface area contributed by atoms with Crippen LogP contribution >= 0.6 is 0 Å².